The number of hydrogen-bond donors (Lipinski definition) is 1. The number of amides is 1. The number of ether oxygens (including phenoxy) is 2. The van der Waals surface area contributed by atoms with Gasteiger partial charge in [-0.3, -0.25) is 9.69 Å². The van der Waals surface area contributed by atoms with Gasteiger partial charge >= 0.3 is 0 Å². The quantitative estimate of drug-likeness (QED) is 0.920. The summed E-state index contributed by atoms with van der Waals surface area (Å²) in [6.45, 7) is 2.91. The second-order valence-corrected chi connectivity index (χ2v) is 6.35. The first-order valence-corrected chi connectivity index (χ1v) is 8.23. The van der Waals surface area contributed by atoms with Gasteiger partial charge in [-0.25, -0.2) is 0 Å². The van der Waals surface area contributed by atoms with E-state index in [0.717, 1.165) is 55.8 Å². The van der Waals surface area contributed by atoms with E-state index in [0.29, 0.717) is 19.3 Å². The average Bonchev–Trinajstić information content (AvgIpc) is 3.23. The topological polar surface area (TPSA) is 50.8 Å². The molecule has 5 heteroatoms. The summed E-state index contributed by atoms with van der Waals surface area (Å²) in [5, 5.41) is 3.14. The first-order chi connectivity index (χ1) is 10.8. The van der Waals surface area contributed by atoms with Crippen LogP contribution in [0.25, 0.3) is 0 Å². The molecule has 118 valence electrons. The Bertz CT molecular complexity index is 571. The lowest BCUT2D eigenvalue weighted by Gasteiger charge is -2.26. The number of benzene rings is 1. The minimum atomic E-state index is 0.000894. The zero-order valence-electron chi connectivity index (χ0n) is 12.7. The van der Waals surface area contributed by atoms with E-state index in [9.17, 15) is 4.79 Å². The Labute approximate surface area is 130 Å². The molecule has 2 aliphatic heterocycles. The van der Waals surface area contributed by atoms with Crippen LogP contribution in [-0.2, 0) is 11.3 Å². The van der Waals surface area contributed by atoms with Crippen LogP contribution in [0.4, 0.5) is 0 Å². The zero-order chi connectivity index (χ0) is 14.9. The van der Waals surface area contributed by atoms with Crippen molar-refractivity contribution in [2.75, 3.05) is 19.8 Å². The van der Waals surface area contributed by atoms with E-state index >= 15 is 0 Å². The molecular weight excluding hydrogens is 280 g/mol. The average molecular weight is 302 g/mol. The summed E-state index contributed by atoms with van der Waals surface area (Å²) in [6.07, 6.45) is 4.30. The maximum Gasteiger partial charge on any atom is 0.237 e. The first-order valence-electron chi connectivity index (χ1n) is 8.23. The molecule has 1 atom stereocenters. The lowest BCUT2D eigenvalue weighted by molar-refractivity contribution is -0.125. The van der Waals surface area contributed by atoms with Gasteiger partial charge in [-0.15, -0.1) is 0 Å². The Kier molecular flexibility index (Phi) is 3.66. The van der Waals surface area contributed by atoms with Crippen molar-refractivity contribution in [3.05, 3.63) is 23.8 Å². The van der Waals surface area contributed by atoms with Crippen LogP contribution in [0.15, 0.2) is 18.2 Å². The second-order valence-electron chi connectivity index (χ2n) is 6.35. The van der Waals surface area contributed by atoms with E-state index in [1.165, 1.54) is 0 Å². The van der Waals surface area contributed by atoms with Crippen molar-refractivity contribution >= 4 is 5.91 Å². The summed E-state index contributed by atoms with van der Waals surface area (Å²) in [5.74, 6) is 1.87. The molecule has 0 bridgehead atoms. The lowest BCUT2D eigenvalue weighted by Crippen LogP contribution is -2.43. The van der Waals surface area contributed by atoms with E-state index in [1.807, 2.05) is 12.1 Å². The maximum atomic E-state index is 12.4. The molecule has 3 aliphatic rings. The van der Waals surface area contributed by atoms with Gasteiger partial charge < -0.3 is 14.8 Å². The van der Waals surface area contributed by atoms with E-state index in [2.05, 4.69) is 16.3 Å². The molecule has 22 heavy (non-hydrogen) atoms. The molecule has 1 saturated carbocycles. The van der Waals surface area contributed by atoms with Crippen LogP contribution in [0.2, 0.25) is 0 Å². The second kappa shape index (κ2) is 5.80. The molecule has 5 nitrogen and oxygen atoms in total. The fraction of sp³-hybridized carbons (Fsp3) is 0.588. The summed E-state index contributed by atoms with van der Waals surface area (Å²) in [4.78, 5) is 14.6. The largest absolute Gasteiger partial charge is 0.486 e. The molecule has 1 amide bonds. The summed E-state index contributed by atoms with van der Waals surface area (Å²) in [6, 6.07) is 6.44. The van der Waals surface area contributed by atoms with Crippen molar-refractivity contribution in [1.82, 2.24) is 10.2 Å². The van der Waals surface area contributed by atoms with Crippen LogP contribution in [0.1, 0.15) is 31.2 Å². The molecule has 2 heterocycles. The van der Waals surface area contributed by atoms with Gasteiger partial charge in [0.05, 0.1) is 6.04 Å². The monoisotopic (exact) mass is 302 g/mol. The van der Waals surface area contributed by atoms with E-state index in [1.54, 1.807) is 0 Å². The molecule has 1 aliphatic carbocycles. The Morgan fingerprint density at radius 3 is 2.95 bits per heavy atom. The van der Waals surface area contributed by atoms with Crippen LogP contribution in [-0.4, -0.2) is 42.6 Å². The highest BCUT2D eigenvalue weighted by Gasteiger charge is 2.34. The smallest absolute Gasteiger partial charge is 0.237 e. The molecule has 1 aromatic carbocycles. The van der Waals surface area contributed by atoms with Crippen LogP contribution in [0.5, 0.6) is 11.5 Å². The number of rotatable bonds is 4. The highest BCUT2D eigenvalue weighted by atomic mass is 16.6. The lowest BCUT2D eigenvalue weighted by atomic mass is 10.1. The summed E-state index contributed by atoms with van der Waals surface area (Å²) < 4.78 is 11.4. The Hall–Kier alpha value is -1.75. The van der Waals surface area contributed by atoms with Crippen molar-refractivity contribution < 1.29 is 14.3 Å². The van der Waals surface area contributed by atoms with E-state index in [-0.39, 0.29) is 11.9 Å². The Balaban J connectivity index is 1.48. The van der Waals surface area contributed by atoms with Crippen molar-refractivity contribution in [2.24, 2.45) is 0 Å². The van der Waals surface area contributed by atoms with Crippen LogP contribution in [0, 0.1) is 0 Å². The molecule has 1 aromatic rings. The van der Waals surface area contributed by atoms with Gasteiger partial charge in [-0.1, -0.05) is 12.1 Å². The predicted octanol–water partition coefficient (Wildman–Crippen LogP) is 1.70. The predicted molar refractivity (Wildman–Crippen MR) is 82.0 cm³/mol. The first kappa shape index (κ1) is 13.9. The van der Waals surface area contributed by atoms with Gasteiger partial charge in [0.2, 0.25) is 5.91 Å². The fourth-order valence-electron chi connectivity index (χ4n) is 3.31. The Morgan fingerprint density at radius 1 is 1.23 bits per heavy atom. The summed E-state index contributed by atoms with van der Waals surface area (Å²) >= 11 is 0. The number of nitrogens with one attached hydrogen (secondary N) is 1. The van der Waals surface area contributed by atoms with Crippen LogP contribution in [0.3, 0.4) is 0 Å². The van der Waals surface area contributed by atoms with Crippen molar-refractivity contribution in [1.29, 1.82) is 0 Å². The fourth-order valence-corrected chi connectivity index (χ4v) is 3.31. The standard InChI is InChI=1S/C17H22N2O3/c20-17(18-13-6-7-13)14-4-2-8-19(14)11-12-3-1-5-15-16(12)22-10-9-21-15/h1,3,5,13-14H,2,4,6-11H2,(H,18,20)/t14-/m0/s1. The van der Waals surface area contributed by atoms with Gasteiger partial charge in [0.1, 0.15) is 13.2 Å². The number of nitrogens with zero attached hydrogens (tertiary/aromatic N) is 1. The number of likely N-dealkylation sites (tertiary alicyclic amines) is 1. The molecule has 0 unspecified atom stereocenters. The maximum absolute atomic E-state index is 12.4. The minimum Gasteiger partial charge on any atom is -0.486 e. The third kappa shape index (κ3) is 2.77. The molecular formula is C17H22N2O3. The van der Waals surface area contributed by atoms with Crippen LogP contribution < -0.4 is 14.8 Å². The third-order valence-electron chi connectivity index (χ3n) is 4.61. The Morgan fingerprint density at radius 2 is 2.09 bits per heavy atom. The van der Waals surface area contributed by atoms with Crippen molar-refractivity contribution in [3.8, 4) is 11.5 Å². The molecule has 0 spiro atoms. The highest BCUT2D eigenvalue weighted by Crippen LogP contribution is 2.35. The highest BCUT2D eigenvalue weighted by molar-refractivity contribution is 5.82. The third-order valence-corrected chi connectivity index (χ3v) is 4.61. The van der Waals surface area contributed by atoms with Gasteiger partial charge in [-0.05, 0) is 38.3 Å². The minimum absolute atomic E-state index is 0.000894. The van der Waals surface area contributed by atoms with Crippen molar-refractivity contribution in [2.45, 2.75) is 44.3 Å². The van der Waals surface area contributed by atoms with Crippen molar-refractivity contribution in [3.63, 3.8) is 0 Å². The number of carbonyl (C=O) groups excluding carboxylic acids is 1. The molecule has 1 saturated heterocycles. The SMILES string of the molecule is O=C(NC1CC1)[C@@H]1CCCN1Cc1cccc2c1OCCO2. The molecule has 2 fully saturated rings. The number of para-hydroxylation sites is 1. The number of fused-ring (bicyclic) bond motifs is 1. The zero-order valence-corrected chi connectivity index (χ0v) is 12.7. The molecule has 0 aromatic heterocycles. The van der Waals surface area contributed by atoms with E-state index < -0.39 is 0 Å². The van der Waals surface area contributed by atoms with Crippen LogP contribution >= 0.6 is 0 Å². The summed E-state index contributed by atoms with van der Waals surface area (Å²) in [7, 11) is 0. The molecule has 4 rings (SSSR count). The van der Waals surface area contributed by atoms with Gasteiger partial charge in [0.25, 0.3) is 0 Å². The number of hydrogen-bond acceptors (Lipinski definition) is 4. The van der Waals surface area contributed by atoms with Gasteiger partial charge in [-0.2, -0.15) is 0 Å². The van der Waals surface area contributed by atoms with Gasteiger partial charge in [0, 0.05) is 18.2 Å². The molecule has 1 N–H and O–H groups in total. The normalized spacial score (nSPS) is 24.3. The number of carbonyl (C=O) groups is 1. The van der Waals surface area contributed by atoms with E-state index in [4.69, 9.17) is 9.47 Å². The summed E-state index contributed by atoms with van der Waals surface area (Å²) in [5.41, 5.74) is 1.11. The molecule has 0 radical (unpaired) electrons. The van der Waals surface area contributed by atoms with Gasteiger partial charge in [0.15, 0.2) is 11.5 Å².